The summed E-state index contributed by atoms with van der Waals surface area (Å²) in [5.74, 6) is 0. The number of carbonyl (C=O) groups is 1. The van der Waals surface area contributed by atoms with Crippen molar-refractivity contribution < 1.29 is 113 Å². The van der Waals surface area contributed by atoms with E-state index in [0.717, 1.165) is 0 Å². The summed E-state index contributed by atoms with van der Waals surface area (Å²) in [5, 5.41) is 8.56. The van der Waals surface area contributed by atoms with Crippen molar-refractivity contribution >= 4 is 6.09 Å². The quantitative estimate of drug-likeness (QED) is 0.312. The van der Waals surface area contributed by atoms with Gasteiger partial charge in [0.05, 0.1) is 0 Å². The van der Waals surface area contributed by atoms with Gasteiger partial charge in [-0.3, -0.25) is 0 Å². The Morgan fingerprint density at radius 2 is 1.50 bits per heavy atom. The van der Waals surface area contributed by atoms with Gasteiger partial charge in [0.25, 0.3) is 0 Å². The zero-order valence-electron chi connectivity index (χ0n) is 3.82. The van der Waals surface area contributed by atoms with Crippen LogP contribution in [0.2, 0.25) is 0 Å². The van der Waals surface area contributed by atoms with Crippen molar-refractivity contribution in [2.24, 2.45) is 0 Å². The van der Waals surface area contributed by atoms with Crippen molar-refractivity contribution in [1.29, 1.82) is 0 Å². The zero-order chi connectivity index (χ0) is 3.58. The number of rotatable bonds is 0. The predicted molar refractivity (Wildman–Crippen MR) is 9.72 cm³/mol. The molecule has 0 rings (SSSR count). The molecule has 3 nitrogen and oxygen atoms in total. The summed E-state index contributed by atoms with van der Waals surface area (Å²) in [7, 11) is 0. The maximum atomic E-state index is 8.56. The topological polar surface area (TPSA) is 63.9 Å². The Balaban J connectivity index is -0.0000000450. The Hall–Kier alpha value is 2.54. The van der Waals surface area contributed by atoms with Gasteiger partial charge >= 0.3 is 103 Å². The van der Waals surface area contributed by atoms with E-state index in [0.29, 0.717) is 0 Å². The van der Waals surface area contributed by atoms with E-state index in [1.807, 2.05) is 0 Å². The van der Waals surface area contributed by atoms with Crippen molar-refractivity contribution in [2.45, 2.75) is 0 Å². The molecule has 0 fully saturated rings. The summed E-state index contributed by atoms with van der Waals surface area (Å²) in [5.41, 5.74) is 5.39. The molecular weight excluding hydrogens is 136 g/mol. The number of hydrogen-bond acceptors (Lipinski definition) is 2. The number of amides is 1. The van der Waals surface area contributed by atoms with Crippen molar-refractivity contribution in [3.63, 3.8) is 0 Å². The summed E-state index contributed by atoms with van der Waals surface area (Å²) in [4.78, 5) is 8.56. The predicted octanol–water partition coefficient (Wildman–Crippen LogP) is -6.61. The monoisotopic (exact) mass is 137 g/mol. The Morgan fingerprint density at radius 3 is 1.50 bits per heavy atom. The first kappa shape index (κ1) is 15.8. The van der Waals surface area contributed by atoms with Gasteiger partial charge in [-0.25, -0.2) is 0 Å². The molecule has 1 amide bonds. The molecule has 0 aliphatic heterocycles. The molecule has 0 radical (unpaired) electrons. The summed E-state index contributed by atoms with van der Waals surface area (Å²) in [6.45, 7) is 0. The largest absolute Gasteiger partial charge is 1.00 e. The van der Waals surface area contributed by atoms with Gasteiger partial charge in [-0.1, -0.05) is 0 Å². The average molecular weight is 137 g/mol. The standard InChI is InChI=1S/CH2NO2.2K/c2-1(3)4;;/h2H,(H,3,4);;/q-1;2*+1/p-1. The van der Waals surface area contributed by atoms with Crippen LogP contribution >= 0.6 is 0 Å². The van der Waals surface area contributed by atoms with Crippen LogP contribution in [0.15, 0.2) is 0 Å². The molecule has 0 saturated heterocycles. The molecule has 0 aliphatic carbocycles. The number of hydrogen-bond donors (Lipinski definition) is 0. The molecule has 1 N–H and O–H groups in total. The molecule has 5 heteroatoms. The normalized spacial score (nSPS) is 4.00. The van der Waals surface area contributed by atoms with Gasteiger partial charge in [-0.15, -0.1) is 0 Å². The first-order chi connectivity index (χ1) is 1.73. The first-order valence-electron chi connectivity index (χ1n) is 0.658. The molecule has 0 aromatic heterocycles. The van der Waals surface area contributed by atoms with Crippen LogP contribution in [0, 0.1) is 0 Å². The van der Waals surface area contributed by atoms with Gasteiger partial charge in [0, 0.05) is 0 Å². The first-order valence-corrected chi connectivity index (χ1v) is 0.658. The number of carbonyl (C=O) groups excluding carboxylic acids is 1. The molecule has 0 saturated carbocycles. The minimum atomic E-state index is -1.83. The third-order valence-electron chi connectivity index (χ3n) is 0. The van der Waals surface area contributed by atoms with Crippen molar-refractivity contribution in [3.8, 4) is 0 Å². The molecule has 0 heterocycles. The average Bonchev–Trinajstić information content (AvgIpc) is 0.811. The van der Waals surface area contributed by atoms with Crippen LogP contribution in [0.25, 0.3) is 5.73 Å². The van der Waals surface area contributed by atoms with Gasteiger partial charge in [-0.2, -0.15) is 0 Å². The summed E-state index contributed by atoms with van der Waals surface area (Å²) in [6.07, 6.45) is -1.83. The molecule has 0 spiro atoms. The van der Waals surface area contributed by atoms with Crippen LogP contribution in [0.1, 0.15) is 0 Å². The van der Waals surface area contributed by atoms with E-state index in [1.54, 1.807) is 0 Å². The van der Waals surface area contributed by atoms with Gasteiger partial charge < -0.3 is 15.6 Å². The van der Waals surface area contributed by atoms with E-state index >= 15 is 0 Å². The molecule has 0 aromatic carbocycles. The molecular formula is CHK2NO2. The summed E-state index contributed by atoms with van der Waals surface area (Å²) in [6, 6.07) is 0. The number of carboxylic acid groups (broad SMARTS) is 1. The maximum absolute atomic E-state index is 8.56. The van der Waals surface area contributed by atoms with Gasteiger partial charge in [-0.05, 0) is 6.09 Å². The molecule has 0 atom stereocenters. The third kappa shape index (κ3) is 31.1. The van der Waals surface area contributed by atoms with Crippen LogP contribution in [-0.4, -0.2) is 6.09 Å². The zero-order valence-corrected chi connectivity index (χ0v) is 10.1. The Kier molecular flexibility index (Phi) is 27.7. The van der Waals surface area contributed by atoms with E-state index in [2.05, 4.69) is 0 Å². The van der Waals surface area contributed by atoms with Crippen molar-refractivity contribution in [1.82, 2.24) is 0 Å². The minimum absolute atomic E-state index is 0. The Labute approximate surface area is 121 Å². The van der Waals surface area contributed by atoms with Crippen LogP contribution < -0.4 is 108 Å². The Morgan fingerprint density at radius 1 is 1.50 bits per heavy atom. The van der Waals surface area contributed by atoms with Gasteiger partial charge in [0.1, 0.15) is 0 Å². The molecule has 0 bridgehead atoms. The molecule has 0 aliphatic rings. The smallest absolute Gasteiger partial charge is 0.685 e. The van der Waals surface area contributed by atoms with Crippen LogP contribution in [-0.2, 0) is 0 Å². The third-order valence-corrected chi connectivity index (χ3v) is 0. The van der Waals surface area contributed by atoms with Crippen molar-refractivity contribution in [3.05, 3.63) is 5.73 Å². The van der Waals surface area contributed by atoms with E-state index < -0.39 is 6.09 Å². The molecule has 0 unspecified atom stereocenters. The molecule has 0 aromatic rings. The molecule has 6 heavy (non-hydrogen) atoms. The van der Waals surface area contributed by atoms with E-state index in [-0.39, 0.29) is 103 Å². The van der Waals surface area contributed by atoms with Gasteiger partial charge in [0.2, 0.25) is 0 Å². The van der Waals surface area contributed by atoms with Crippen LogP contribution in [0.5, 0.6) is 0 Å². The fourth-order valence-electron chi connectivity index (χ4n) is 0. The fraction of sp³-hybridized carbons (Fsp3) is 0. The van der Waals surface area contributed by atoms with Crippen molar-refractivity contribution in [2.75, 3.05) is 0 Å². The van der Waals surface area contributed by atoms with Gasteiger partial charge in [0.15, 0.2) is 0 Å². The summed E-state index contributed by atoms with van der Waals surface area (Å²) >= 11 is 0. The SMILES string of the molecule is [K+].[K+].[NH-]C(=O)[O-]. The molecule has 24 valence electrons. The van der Waals surface area contributed by atoms with E-state index in [9.17, 15) is 0 Å². The van der Waals surface area contributed by atoms with Crippen LogP contribution in [0.3, 0.4) is 0 Å². The minimum Gasteiger partial charge on any atom is -0.685 e. The maximum Gasteiger partial charge on any atom is 1.00 e. The van der Waals surface area contributed by atoms with E-state index in [4.69, 9.17) is 15.6 Å². The van der Waals surface area contributed by atoms with Crippen LogP contribution in [0.4, 0.5) is 4.79 Å². The number of nitrogens with one attached hydrogen (secondary N) is 1. The summed E-state index contributed by atoms with van der Waals surface area (Å²) < 4.78 is 0. The van der Waals surface area contributed by atoms with E-state index in [1.165, 1.54) is 0 Å². The second-order valence-electron chi connectivity index (χ2n) is 0.287. The Bertz CT molecular complexity index is 34.5. The fourth-order valence-corrected chi connectivity index (χ4v) is 0. The second kappa shape index (κ2) is 10.5. The second-order valence-corrected chi connectivity index (χ2v) is 0.287.